The van der Waals surface area contributed by atoms with Gasteiger partial charge in [-0.25, -0.2) is 0 Å². The van der Waals surface area contributed by atoms with E-state index in [2.05, 4.69) is 64.4 Å². The van der Waals surface area contributed by atoms with Gasteiger partial charge in [-0.3, -0.25) is 14.6 Å². The lowest BCUT2D eigenvalue weighted by atomic mass is 10.2. The Bertz CT molecular complexity index is 680. The van der Waals surface area contributed by atoms with Crippen LogP contribution in [-0.2, 0) is 13.1 Å². The highest BCUT2D eigenvalue weighted by molar-refractivity contribution is 14.0. The van der Waals surface area contributed by atoms with Crippen molar-refractivity contribution >= 4 is 29.9 Å². The second kappa shape index (κ2) is 12.1. The largest absolute Gasteiger partial charge is 0.357 e. The zero-order valence-electron chi connectivity index (χ0n) is 17.0. The highest BCUT2D eigenvalue weighted by atomic mass is 127. The number of rotatable bonds is 7. The fraction of sp³-hybridized carbons (Fsp3) is 0.524. The molecule has 1 atom stereocenters. The van der Waals surface area contributed by atoms with E-state index in [1.54, 1.807) is 0 Å². The molecule has 0 radical (unpaired) electrons. The third kappa shape index (κ3) is 7.09. The van der Waals surface area contributed by atoms with Crippen molar-refractivity contribution in [1.82, 2.24) is 24.9 Å². The first kappa shape index (κ1) is 22.7. The average Bonchev–Trinajstić information content (AvgIpc) is 3.20. The van der Waals surface area contributed by atoms with Crippen molar-refractivity contribution in [2.75, 3.05) is 39.3 Å². The van der Waals surface area contributed by atoms with Gasteiger partial charge in [0.25, 0.3) is 0 Å². The van der Waals surface area contributed by atoms with E-state index in [0.29, 0.717) is 5.92 Å². The molecule has 2 aromatic rings. The minimum Gasteiger partial charge on any atom is -0.357 e. The third-order valence-electron chi connectivity index (χ3n) is 4.87. The second-order valence-corrected chi connectivity index (χ2v) is 7.28. The van der Waals surface area contributed by atoms with E-state index in [9.17, 15) is 0 Å². The zero-order valence-corrected chi connectivity index (χ0v) is 19.3. The van der Waals surface area contributed by atoms with Crippen LogP contribution in [0.5, 0.6) is 0 Å². The van der Waals surface area contributed by atoms with Gasteiger partial charge >= 0.3 is 0 Å². The molecule has 0 aliphatic carbocycles. The number of halogens is 1. The summed E-state index contributed by atoms with van der Waals surface area (Å²) in [6.45, 7) is 12.2. The molecule has 1 fully saturated rings. The van der Waals surface area contributed by atoms with Gasteiger partial charge in [0.05, 0.1) is 0 Å². The normalized spacial score (nSPS) is 16.5. The Morgan fingerprint density at radius 2 is 1.89 bits per heavy atom. The van der Waals surface area contributed by atoms with Gasteiger partial charge in [0.1, 0.15) is 0 Å². The van der Waals surface area contributed by atoms with Gasteiger partial charge in [-0.15, -0.1) is 24.0 Å². The van der Waals surface area contributed by atoms with Crippen molar-refractivity contribution in [3.63, 3.8) is 0 Å². The molecule has 1 aliphatic rings. The Balaban J connectivity index is 0.00000280. The van der Waals surface area contributed by atoms with Crippen molar-refractivity contribution in [1.29, 1.82) is 0 Å². The average molecular weight is 496 g/mol. The number of piperazine rings is 1. The Morgan fingerprint density at radius 3 is 2.54 bits per heavy atom. The van der Waals surface area contributed by atoms with Crippen molar-refractivity contribution in [2.45, 2.75) is 26.9 Å². The summed E-state index contributed by atoms with van der Waals surface area (Å²) in [6.07, 6.45) is 3.84. The molecule has 1 N–H and O–H groups in total. The molecule has 3 rings (SSSR count). The first-order valence-electron chi connectivity index (χ1n) is 10.0. The van der Waals surface area contributed by atoms with E-state index in [1.165, 1.54) is 5.56 Å². The highest BCUT2D eigenvalue weighted by Gasteiger charge is 2.19. The molecular weight excluding hydrogens is 463 g/mol. The standard InChI is InChI=1S/C21H32N6.HI/c1-3-22-21(23-16-19(2)17-27-11-7-10-24-27)26-14-12-25(13-15-26)18-20-8-5-4-6-9-20;/h4-11,19H,3,12-18H2,1-2H3,(H,22,23);1H. The fourth-order valence-corrected chi connectivity index (χ4v) is 3.41. The minimum absolute atomic E-state index is 0. The second-order valence-electron chi connectivity index (χ2n) is 7.28. The first-order valence-corrected chi connectivity index (χ1v) is 10.0. The maximum Gasteiger partial charge on any atom is 0.194 e. The summed E-state index contributed by atoms with van der Waals surface area (Å²) in [5.41, 5.74) is 1.39. The van der Waals surface area contributed by atoms with Crippen LogP contribution in [0.25, 0.3) is 0 Å². The van der Waals surface area contributed by atoms with Crippen molar-refractivity contribution < 1.29 is 0 Å². The maximum atomic E-state index is 4.90. The lowest BCUT2D eigenvalue weighted by Crippen LogP contribution is -2.52. The summed E-state index contributed by atoms with van der Waals surface area (Å²) in [5, 5.41) is 7.75. The van der Waals surface area contributed by atoms with Crippen LogP contribution < -0.4 is 5.32 Å². The number of hydrogen-bond acceptors (Lipinski definition) is 3. The van der Waals surface area contributed by atoms with Crippen LogP contribution in [0, 0.1) is 5.92 Å². The van der Waals surface area contributed by atoms with Crippen LogP contribution in [0.2, 0.25) is 0 Å². The predicted octanol–water partition coefficient (Wildman–Crippen LogP) is 2.92. The van der Waals surface area contributed by atoms with E-state index in [0.717, 1.165) is 58.3 Å². The summed E-state index contributed by atoms with van der Waals surface area (Å²) in [7, 11) is 0. The van der Waals surface area contributed by atoms with Crippen LogP contribution in [-0.4, -0.2) is 64.8 Å². The highest BCUT2D eigenvalue weighted by Crippen LogP contribution is 2.09. The van der Waals surface area contributed by atoms with Gasteiger partial charge in [-0.05, 0) is 24.5 Å². The molecule has 2 heterocycles. The van der Waals surface area contributed by atoms with Gasteiger partial charge in [-0.2, -0.15) is 5.10 Å². The SMILES string of the molecule is CCNC(=NCC(C)Cn1cccn1)N1CCN(Cc2ccccc2)CC1.I. The Morgan fingerprint density at radius 1 is 1.14 bits per heavy atom. The summed E-state index contributed by atoms with van der Waals surface area (Å²) >= 11 is 0. The Kier molecular flexibility index (Phi) is 9.77. The molecule has 1 aliphatic heterocycles. The van der Waals surface area contributed by atoms with Crippen LogP contribution in [0.15, 0.2) is 53.8 Å². The molecule has 1 aromatic carbocycles. The number of aliphatic imine (C=N–C) groups is 1. The van der Waals surface area contributed by atoms with Gasteiger partial charge in [0.2, 0.25) is 0 Å². The molecule has 154 valence electrons. The van der Waals surface area contributed by atoms with Crippen LogP contribution in [0.1, 0.15) is 19.4 Å². The van der Waals surface area contributed by atoms with Crippen molar-refractivity contribution in [3.8, 4) is 0 Å². The van der Waals surface area contributed by atoms with Crippen LogP contribution >= 0.6 is 24.0 Å². The molecule has 1 saturated heterocycles. The topological polar surface area (TPSA) is 48.7 Å². The van der Waals surface area contributed by atoms with Gasteiger partial charge in [0, 0.05) is 64.8 Å². The fourth-order valence-electron chi connectivity index (χ4n) is 3.41. The molecule has 6 nitrogen and oxygen atoms in total. The number of guanidine groups is 1. The Hall–Kier alpha value is -1.61. The van der Waals surface area contributed by atoms with Gasteiger partial charge in [-0.1, -0.05) is 37.3 Å². The van der Waals surface area contributed by atoms with Crippen LogP contribution in [0.4, 0.5) is 0 Å². The molecule has 0 saturated carbocycles. The van der Waals surface area contributed by atoms with Crippen LogP contribution in [0.3, 0.4) is 0 Å². The molecule has 0 bridgehead atoms. The summed E-state index contributed by atoms with van der Waals surface area (Å²) in [5.74, 6) is 1.50. The maximum absolute atomic E-state index is 4.90. The molecule has 0 spiro atoms. The molecule has 0 amide bonds. The van der Waals surface area contributed by atoms with Crippen molar-refractivity contribution in [3.05, 3.63) is 54.4 Å². The smallest absolute Gasteiger partial charge is 0.194 e. The molecule has 1 unspecified atom stereocenters. The Labute approximate surface area is 186 Å². The van der Waals surface area contributed by atoms with Gasteiger partial charge < -0.3 is 10.2 Å². The monoisotopic (exact) mass is 496 g/mol. The third-order valence-corrected chi connectivity index (χ3v) is 4.87. The van der Waals surface area contributed by atoms with E-state index in [4.69, 9.17) is 4.99 Å². The predicted molar refractivity (Wildman–Crippen MR) is 126 cm³/mol. The molecule has 1 aromatic heterocycles. The van der Waals surface area contributed by atoms with Gasteiger partial charge in [0.15, 0.2) is 5.96 Å². The quantitative estimate of drug-likeness (QED) is 0.364. The number of benzene rings is 1. The first-order chi connectivity index (χ1) is 13.2. The van der Waals surface area contributed by atoms with E-state index >= 15 is 0 Å². The van der Waals surface area contributed by atoms with E-state index in [-0.39, 0.29) is 24.0 Å². The number of hydrogen-bond donors (Lipinski definition) is 1. The number of nitrogens with one attached hydrogen (secondary N) is 1. The lowest BCUT2D eigenvalue weighted by molar-refractivity contribution is 0.172. The summed E-state index contributed by atoms with van der Waals surface area (Å²) in [6, 6.07) is 12.7. The minimum atomic E-state index is 0. The summed E-state index contributed by atoms with van der Waals surface area (Å²) in [4.78, 5) is 9.82. The molecular formula is C21H33IN6. The van der Waals surface area contributed by atoms with E-state index < -0.39 is 0 Å². The molecule has 7 heteroatoms. The zero-order chi connectivity index (χ0) is 18.9. The summed E-state index contributed by atoms with van der Waals surface area (Å²) < 4.78 is 1.98. The van der Waals surface area contributed by atoms with E-state index in [1.807, 2.05) is 23.1 Å². The molecule has 28 heavy (non-hydrogen) atoms. The number of aromatic nitrogens is 2. The number of nitrogens with zero attached hydrogens (tertiary/aromatic N) is 5. The lowest BCUT2D eigenvalue weighted by Gasteiger charge is -2.36. The van der Waals surface area contributed by atoms with Crippen molar-refractivity contribution in [2.24, 2.45) is 10.9 Å².